The summed E-state index contributed by atoms with van der Waals surface area (Å²) in [5.74, 6) is 5.96. The van der Waals surface area contributed by atoms with Gasteiger partial charge >= 0.3 is 6.18 Å². The minimum absolute atomic E-state index is 0.00487. The molecule has 1 heterocycles. The lowest BCUT2D eigenvalue weighted by atomic mass is 10.2. The summed E-state index contributed by atoms with van der Waals surface area (Å²) < 4.78 is 36.1. The molecule has 0 aliphatic heterocycles. The van der Waals surface area contributed by atoms with Crippen LogP contribution in [0.4, 0.5) is 24.8 Å². The first-order valence-electron chi connectivity index (χ1n) is 4.98. The fraction of sp³-hybridized carbons (Fsp3) is 0.556. The van der Waals surface area contributed by atoms with Crippen molar-refractivity contribution in [1.29, 1.82) is 0 Å². The summed E-state index contributed by atoms with van der Waals surface area (Å²) >= 11 is 0. The Kier molecular flexibility index (Phi) is 4.11. The monoisotopic (exact) mass is 249 g/mol. The summed E-state index contributed by atoms with van der Waals surface area (Å²) in [4.78, 5) is 7.99. The molecule has 0 aliphatic rings. The average molecular weight is 249 g/mol. The third-order valence-electron chi connectivity index (χ3n) is 1.88. The van der Waals surface area contributed by atoms with Gasteiger partial charge < -0.3 is 10.7 Å². The van der Waals surface area contributed by atoms with Gasteiger partial charge in [0.2, 0.25) is 0 Å². The van der Waals surface area contributed by atoms with Crippen LogP contribution in [0.25, 0.3) is 0 Å². The molecule has 5 nitrogen and oxygen atoms in total. The van der Waals surface area contributed by atoms with E-state index in [1.54, 1.807) is 0 Å². The van der Waals surface area contributed by atoms with E-state index >= 15 is 0 Å². The Hall–Kier alpha value is -1.57. The molecule has 0 atom stereocenters. The smallest absolute Gasteiger partial charge is 0.361 e. The van der Waals surface area contributed by atoms with E-state index in [0.717, 1.165) is 0 Å². The molecule has 0 fully saturated rings. The van der Waals surface area contributed by atoms with Gasteiger partial charge in [-0.15, -0.1) is 0 Å². The Morgan fingerprint density at radius 2 is 1.88 bits per heavy atom. The number of nitrogens with one attached hydrogen (secondary N) is 2. The van der Waals surface area contributed by atoms with Gasteiger partial charge in [-0.05, 0) is 0 Å². The second-order valence-corrected chi connectivity index (χ2v) is 3.76. The largest absolute Gasteiger partial charge is 0.405 e. The SMILES string of the molecule is CC(C)c1nc(NN)cc(NCC(F)(F)F)n1. The van der Waals surface area contributed by atoms with E-state index in [-0.39, 0.29) is 17.6 Å². The van der Waals surface area contributed by atoms with Gasteiger partial charge in [0, 0.05) is 12.0 Å². The molecule has 0 radical (unpaired) electrons. The van der Waals surface area contributed by atoms with Crippen LogP contribution in [0.5, 0.6) is 0 Å². The topological polar surface area (TPSA) is 75.9 Å². The number of rotatable bonds is 4. The number of aromatic nitrogens is 2. The Bertz CT molecular complexity index is 377. The molecule has 0 saturated heterocycles. The number of nitrogens with zero attached hydrogens (tertiary/aromatic N) is 2. The number of hydrogen-bond acceptors (Lipinski definition) is 5. The maximum atomic E-state index is 12.0. The van der Waals surface area contributed by atoms with E-state index in [0.29, 0.717) is 5.82 Å². The molecule has 0 spiro atoms. The van der Waals surface area contributed by atoms with Crippen LogP contribution in [-0.2, 0) is 0 Å². The minimum Gasteiger partial charge on any atom is -0.361 e. The Balaban J connectivity index is 2.87. The summed E-state index contributed by atoms with van der Waals surface area (Å²) in [7, 11) is 0. The van der Waals surface area contributed by atoms with E-state index in [9.17, 15) is 13.2 Å². The zero-order valence-corrected chi connectivity index (χ0v) is 9.47. The number of anilines is 2. The molecule has 1 rings (SSSR count). The van der Waals surface area contributed by atoms with Crippen molar-refractivity contribution in [3.05, 3.63) is 11.9 Å². The van der Waals surface area contributed by atoms with E-state index in [1.807, 2.05) is 13.8 Å². The second kappa shape index (κ2) is 5.17. The van der Waals surface area contributed by atoms with Gasteiger partial charge in [0.05, 0.1) is 0 Å². The minimum atomic E-state index is -4.29. The summed E-state index contributed by atoms with van der Waals surface area (Å²) in [6, 6.07) is 1.32. The van der Waals surface area contributed by atoms with E-state index < -0.39 is 12.7 Å². The third-order valence-corrected chi connectivity index (χ3v) is 1.88. The second-order valence-electron chi connectivity index (χ2n) is 3.76. The maximum Gasteiger partial charge on any atom is 0.405 e. The number of hydrogen-bond donors (Lipinski definition) is 3. The zero-order valence-electron chi connectivity index (χ0n) is 9.47. The molecule has 17 heavy (non-hydrogen) atoms. The van der Waals surface area contributed by atoms with Crippen LogP contribution in [0, 0.1) is 0 Å². The summed E-state index contributed by atoms with van der Waals surface area (Å²) in [5, 5.41) is 2.18. The highest BCUT2D eigenvalue weighted by Crippen LogP contribution is 2.19. The van der Waals surface area contributed by atoms with Crippen molar-refractivity contribution in [3.8, 4) is 0 Å². The fourth-order valence-electron chi connectivity index (χ4n) is 1.08. The molecule has 0 aromatic carbocycles. The normalized spacial score (nSPS) is 11.7. The van der Waals surface area contributed by atoms with Crippen molar-refractivity contribution >= 4 is 11.6 Å². The van der Waals surface area contributed by atoms with Crippen LogP contribution in [0.2, 0.25) is 0 Å². The van der Waals surface area contributed by atoms with Gasteiger partial charge in [0.25, 0.3) is 0 Å². The molecular formula is C9H14F3N5. The van der Waals surface area contributed by atoms with Crippen LogP contribution in [-0.4, -0.2) is 22.7 Å². The summed E-state index contributed by atoms with van der Waals surface area (Å²) in [6.45, 7) is 2.53. The first-order valence-corrected chi connectivity index (χ1v) is 4.98. The molecule has 4 N–H and O–H groups in total. The Labute approximate surface area is 96.6 Å². The highest BCUT2D eigenvalue weighted by atomic mass is 19.4. The van der Waals surface area contributed by atoms with Crippen LogP contribution >= 0.6 is 0 Å². The van der Waals surface area contributed by atoms with Crippen molar-refractivity contribution in [3.63, 3.8) is 0 Å². The number of nitrogen functional groups attached to an aromatic ring is 1. The molecule has 8 heteroatoms. The first kappa shape index (κ1) is 13.5. The number of hydrazine groups is 1. The molecule has 0 amide bonds. The molecule has 0 aliphatic carbocycles. The Morgan fingerprint density at radius 1 is 1.29 bits per heavy atom. The van der Waals surface area contributed by atoms with Crippen molar-refractivity contribution in [2.45, 2.75) is 25.9 Å². The van der Waals surface area contributed by atoms with Crippen LogP contribution in [0.1, 0.15) is 25.6 Å². The van der Waals surface area contributed by atoms with Gasteiger partial charge in [0.15, 0.2) is 0 Å². The first-order chi connectivity index (χ1) is 7.81. The van der Waals surface area contributed by atoms with Crippen molar-refractivity contribution in [2.75, 3.05) is 17.3 Å². The highest BCUT2D eigenvalue weighted by molar-refractivity contribution is 5.47. The lowest BCUT2D eigenvalue weighted by molar-refractivity contribution is -0.115. The quantitative estimate of drug-likeness (QED) is 0.561. The highest BCUT2D eigenvalue weighted by Gasteiger charge is 2.27. The van der Waals surface area contributed by atoms with E-state index in [2.05, 4.69) is 20.7 Å². The Morgan fingerprint density at radius 3 is 2.35 bits per heavy atom. The van der Waals surface area contributed by atoms with E-state index in [1.165, 1.54) is 6.07 Å². The number of alkyl halides is 3. The van der Waals surface area contributed by atoms with Crippen molar-refractivity contribution in [2.24, 2.45) is 5.84 Å². The molecule has 0 unspecified atom stereocenters. The van der Waals surface area contributed by atoms with Gasteiger partial charge in [-0.25, -0.2) is 15.8 Å². The predicted octanol–water partition coefficient (Wildman–Crippen LogP) is 1.86. The fourth-order valence-corrected chi connectivity index (χ4v) is 1.08. The molecular weight excluding hydrogens is 235 g/mol. The van der Waals surface area contributed by atoms with Gasteiger partial charge in [-0.3, -0.25) is 0 Å². The number of halogens is 3. The molecule has 1 aromatic rings. The number of nitrogens with two attached hydrogens (primary N) is 1. The van der Waals surface area contributed by atoms with Gasteiger partial charge in [-0.1, -0.05) is 13.8 Å². The molecule has 96 valence electrons. The van der Waals surface area contributed by atoms with Gasteiger partial charge in [0.1, 0.15) is 24.0 Å². The molecule has 0 bridgehead atoms. The predicted molar refractivity (Wildman–Crippen MR) is 58.5 cm³/mol. The lowest BCUT2D eigenvalue weighted by Crippen LogP contribution is -2.22. The van der Waals surface area contributed by atoms with Gasteiger partial charge in [-0.2, -0.15) is 13.2 Å². The third kappa shape index (κ3) is 4.43. The lowest BCUT2D eigenvalue weighted by Gasteiger charge is -2.12. The van der Waals surface area contributed by atoms with Crippen LogP contribution < -0.4 is 16.6 Å². The van der Waals surface area contributed by atoms with E-state index in [4.69, 9.17) is 5.84 Å². The zero-order chi connectivity index (χ0) is 13.1. The van der Waals surface area contributed by atoms with Crippen LogP contribution in [0.3, 0.4) is 0 Å². The standard InChI is InChI=1S/C9H14F3N5/c1-5(2)8-15-6(3-7(16-8)17-13)14-4-9(10,11)12/h3,5H,4,13H2,1-2H3,(H2,14,15,16,17). The summed E-state index contributed by atoms with van der Waals surface area (Å²) in [6.07, 6.45) is -4.29. The van der Waals surface area contributed by atoms with Crippen LogP contribution in [0.15, 0.2) is 6.07 Å². The van der Waals surface area contributed by atoms with Crippen molar-refractivity contribution in [1.82, 2.24) is 9.97 Å². The maximum absolute atomic E-state index is 12.0. The summed E-state index contributed by atoms with van der Waals surface area (Å²) in [5.41, 5.74) is 2.29. The van der Waals surface area contributed by atoms with Crippen molar-refractivity contribution < 1.29 is 13.2 Å². The molecule has 1 aromatic heterocycles. The average Bonchev–Trinajstić information content (AvgIpc) is 2.25. The molecule has 0 saturated carbocycles.